The minimum absolute atomic E-state index is 0.0528. The lowest BCUT2D eigenvalue weighted by Crippen LogP contribution is -2.20. The first-order valence-electron chi connectivity index (χ1n) is 7.70. The maximum absolute atomic E-state index is 12.4. The number of rotatable bonds is 4. The van der Waals surface area contributed by atoms with Crippen molar-refractivity contribution in [3.05, 3.63) is 53.6 Å². The molecule has 6 nitrogen and oxygen atoms in total. The van der Waals surface area contributed by atoms with Gasteiger partial charge < -0.3 is 10.2 Å². The third-order valence-corrected chi connectivity index (χ3v) is 4.96. The lowest BCUT2D eigenvalue weighted by molar-refractivity contribution is 0.459. The van der Waals surface area contributed by atoms with Crippen LogP contribution in [0, 0.1) is 0 Å². The van der Waals surface area contributed by atoms with Gasteiger partial charge in [-0.2, -0.15) is 18.4 Å². The van der Waals surface area contributed by atoms with Crippen molar-refractivity contribution in [3.63, 3.8) is 0 Å². The number of hydrogen-bond acceptors (Lipinski definition) is 5. The SMILES string of the molecule is C/C(=N\NS(=O)(=O)c1ccc(C(C)(C)C)cc1)c1cc(O)ccc1O. The number of aromatic hydroxyl groups is 2. The molecule has 0 saturated carbocycles. The van der Waals surface area contributed by atoms with Crippen molar-refractivity contribution < 1.29 is 18.6 Å². The molecule has 0 atom stereocenters. The van der Waals surface area contributed by atoms with Crippen LogP contribution in [-0.4, -0.2) is 24.3 Å². The van der Waals surface area contributed by atoms with Crippen LogP contribution in [0.4, 0.5) is 0 Å². The molecule has 3 N–H and O–H groups in total. The molecule has 0 heterocycles. The Hall–Kier alpha value is -2.54. The Balaban J connectivity index is 2.25. The van der Waals surface area contributed by atoms with Crippen LogP contribution in [0.15, 0.2) is 52.5 Å². The van der Waals surface area contributed by atoms with E-state index in [-0.39, 0.29) is 33.1 Å². The summed E-state index contributed by atoms with van der Waals surface area (Å²) in [7, 11) is -3.83. The standard InChI is InChI=1S/C18H22N2O4S/c1-12(16-11-14(21)7-10-17(16)22)19-20-25(23,24)15-8-5-13(6-9-15)18(2,3)4/h5-11,20-22H,1-4H3/b19-12+. The molecule has 0 bridgehead atoms. The van der Waals surface area contributed by atoms with Crippen molar-refractivity contribution >= 4 is 15.7 Å². The third-order valence-electron chi connectivity index (χ3n) is 3.73. The first-order chi connectivity index (χ1) is 11.5. The topological polar surface area (TPSA) is 99.0 Å². The van der Waals surface area contributed by atoms with Crippen molar-refractivity contribution in [1.82, 2.24) is 4.83 Å². The van der Waals surface area contributed by atoms with Crippen LogP contribution in [0.5, 0.6) is 11.5 Å². The summed E-state index contributed by atoms with van der Waals surface area (Å²) in [6, 6.07) is 10.5. The van der Waals surface area contributed by atoms with Crippen molar-refractivity contribution in [2.75, 3.05) is 0 Å². The van der Waals surface area contributed by atoms with Gasteiger partial charge in [-0.1, -0.05) is 32.9 Å². The molecule has 7 heteroatoms. The molecule has 2 aromatic rings. The number of sulfonamides is 1. The molecule has 25 heavy (non-hydrogen) atoms. The molecule has 0 fully saturated rings. The van der Waals surface area contributed by atoms with E-state index in [0.29, 0.717) is 0 Å². The number of nitrogens with zero attached hydrogens (tertiary/aromatic N) is 1. The van der Waals surface area contributed by atoms with Gasteiger partial charge in [-0.25, -0.2) is 0 Å². The average Bonchev–Trinajstić information content (AvgIpc) is 2.54. The normalized spacial score (nSPS) is 12.9. The Bertz CT molecular complexity index is 896. The summed E-state index contributed by atoms with van der Waals surface area (Å²) in [4.78, 5) is 2.24. The van der Waals surface area contributed by atoms with E-state index in [1.54, 1.807) is 12.1 Å². The van der Waals surface area contributed by atoms with E-state index in [1.165, 1.54) is 37.3 Å². The van der Waals surface area contributed by atoms with Gasteiger partial charge in [0.1, 0.15) is 11.5 Å². The zero-order chi connectivity index (χ0) is 18.8. The van der Waals surface area contributed by atoms with Crippen molar-refractivity contribution in [2.45, 2.75) is 38.0 Å². The van der Waals surface area contributed by atoms with Crippen LogP contribution in [0.1, 0.15) is 38.8 Å². The first kappa shape index (κ1) is 18.8. The highest BCUT2D eigenvalue weighted by molar-refractivity contribution is 7.89. The molecule has 0 aromatic heterocycles. The zero-order valence-electron chi connectivity index (χ0n) is 14.6. The molecule has 0 aliphatic carbocycles. The molecule has 0 spiro atoms. The minimum Gasteiger partial charge on any atom is -0.508 e. The van der Waals surface area contributed by atoms with Gasteiger partial charge in [-0.3, -0.25) is 0 Å². The van der Waals surface area contributed by atoms with Gasteiger partial charge in [0.15, 0.2) is 0 Å². The van der Waals surface area contributed by atoms with E-state index in [2.05, 4.69) is 9.93 Å². The quantitative estimate of drug-likeness (QED) is 0.442. The first-order valence-corrected chi connectivity index (χ1v) is 9.18. The summed E-state index contributed by atoms with van der Waals surface area (Å²) in [5.74, 6) is -0.157. The Morgan fingerprint density at radius 1 is 1.04 bits per heavy atom. The molecule has 0 radical (unpaired) electrons. The van der Waals surface area contributed by atoms with Crippen LogP contribution >= 0.6 is 0 Å². The largest absolute Gasteiger partial charge is 0.508 e. The second-order valence-corrected chi connectivity index (χ2v) is 8.43. The van der Waals surface area contributed by atoms with Gasteiger partial charge in [-0.05, 0) is 48.2 Å². The second kappa shape index (κ2) is 6.76. The third kappa shape index (κ3) is 4.51. The Morgan fingerprint density at radius 3 is 2.20 bits per heavy atom. The van der Waals surface area contributed by atoms with E-state index < -0.39 is 10.0 Å². The summed E-state index contributed by atoms with van der Waals surface area (Å²) in [6.45, 7) is 7.66. The smallest absolute Gasteiger partial charge is 0.276 e. The maximum atomic E-state index is 12.4. The number of hydrazone groups is 1. The van der Waals surface area contributed by atoms with Crippen molar-refractivity contribution in [3.8, 4) is 11.5 Å². The van der Waals surface area contributed by atoms with Gasteiger partial charge in [0.25, 0.3) is 10.0 Å². The highest BCUT2D eigenvalue weighted by Crippen LogP contribution is 2.24. The van der Waals surface area contributed by atoms with Crippen molar-refractivity contribution in [1.29, 1.82) is 0 Å². The summed E-state index contributed by atoms with van der Waals surface area (Å²) >= 11 is 0. The fourth-order valence-electron chi connectivity index (χ4n) is 2.19. The average molecular weight is 362 g/mol. The number of hydrogen-bond donors (Lipinski definition) is 3. The predicted molar refractivity (Wildman–Crippen MR) is 97.4 cm³/mol. The van der Waals surface area contributed by atoms with Crippen LogP contribution in [0.3, 0.4) is 0 Å². The second-order valence-electron chi connectivity index (χ2n) is 6.77. The zero-order valence-corrected chi connectivity index (χ0v) is 15.4. The molecule has 0 unspecified atom stereocenters. The fourth-order valence-corrected chi connectivity index (χ4v) is 3.05. The number of phenols is 2. The van der Waals surface area contributed by atoms with E-state index in [9.17, 15) is 18.6 Å². The number of phenolic OH excluding ortho intramolecular Hbond substituents is 2. The van der Waals surface area contributed by atoms with E-state index >= 15 is 0 Å². The summed E-state index contributed by atoms with van der Waals surface area (Å²) in [5.41, 5.74) is 1.42. The van der Waals surface area contributed by atoms with Gasteiger partial charge in [0.05, 0.1) is 10.6 Å². The van der Waals surface area contributed by atoms with Gasteiger partial charge in [-0.15, -0.1) is 0 Å². The summed E-state index contributed by atoms with van der Waals surface area (Å²) < 4.78 is 24.7. The number of nitrogens with one attached hydrogen (secondary N) is 1. The van der Waals surface area contributed by atoms with Gasteiger partial charge >= 0.3 is 0 Å². The molecule has 2 rings (SSSR count). The maximum Gasteiger partial charge on any atom is 0.276 e. The Kier molecular flexibility index (Phi) is 5.08. The molecular formula is C18H22N2O4S. The lowest BCUT2D eigenvalue weighted by Gasteiger charge is -2.19. The molecule has 0 aliphatic heterocycles. The van der Waals surface area contributed by atoms with Gasteiger partial charge in [0, 0.05) is 5.56 Å². The van der Waals surface area contributed by atoms with Crippen LogP contribution in [0.25, 0.3) is 0 Å². The molecule has 0 amide bonds. The monoisotopic (exact) mass is 362 g/mol. The molecule has 2 aromatic carbocycles. The van der Waals surface area contributed by atoms with E-state index in [1.807, 2.05) is 20.8 Å². The minimum atomic E-state index is -3.83. The van der Waals surface area contributed by atoms with E-state index in [0.717, 1.165) is 5.56 Å². The Morgan fingerprint density at radius 2 is 1.64 bits per heavy atom. The van der Waals surface area contributed by atoms with E-state index in [4.69, 9.17) is 0 Å². The number of benzene rings is 2. The summed E-state index contributed by atoms with van der Waals surface area (Å²) in [5, 5.41) is 23.1. The molecular weight excluding hydrogens is 340 g/mol. The molecule has 134 valence electrons. The van der Waals surface area contributed by atoms with Crippen LogP contribution in [0.2, 0.25) is 0 Å². The summed E-state index contributed by atoms with van der Waals surface area (Å²) in [6.07, 6.45) is 0. The predicted octanol–water partition coefficient (Wildman–Crippen LogP) is 3.10. The van der Waals surface area contributed by atoms with Crippen molar-refractivity contribution in [2.24, 2.45) is 5.10 Å². The van der Waals surface area contributed by atoms with Gasteiger partial charge in [0.2, 0.25) is 0 Å². The lowest BCUT2D eigenvalue weighted by atomic mass is 9.87. The molecule has 0 aliphatic rings. The van der Waals surface area contributed by atoms with Crippen LogP contribution in [-0.2, 0) is 15.4 Å². The fraction of sp³-hybridized carbons (Fsp3) is 0.278. The Labute approximate surface area is 147 Å². The highest BCUT2D eigenvalue weighted by Gasteiger charge is 2.17. The molecule has 0 saturated heterocycles. The highest BCUT2D eigenvalue weighted by atomic mass is 32.2. The van der Waals surface area contributed by atoms with Crippen LogP contribution < -0.4 is 4.83 Å².